The standard InChI is InChI=1S/C23H27NO2/c1-24(21-4-2-3-5-21)23(25)20-10-8-18(9-11-20)19-12-14-22(15-13-19)26-16-17-6-7-17/h8-15,17,21H,2-7,16H2,1H3. The number of rotatable bonds is 6. The van der Waals surface area contributed by atoms with Crippen molar-refractivity contribution in [1.82, 2.24) is 4.90 Å². The molecule has 2 aliphatic carbocycles. The van der Waals surface area contributed by atoms with E-state index in [2.05, 4.69) is 12.1 Å². The summed E-state index contributed by atoms with van der Waals surface area (Å²) in [5, 5.41) is 0. The number of hydrogen-bond acceptors (Lipinski definition) is 2. The summed E-state index contributed by atoms with van der Waals surface area (Å²) in [5.41, 5.74) is 3.04. The van der Waals surface area contributed by atoms with Gasteiger partial charge in [0.2, 0.25) is 0 Å². The van der Waals surface area contributed by atoms with Crippen molar-refractivity contribution in [3.63, 3.8) is 0 Å². The lowest BCUT2D eigenvalue weighted by atomic mass is 10.0. The molecule has 0 radical (unpaired) electrons. The van der Waals surface area contributed by atoms with Crippen LogP contribution >= 0.6 is 0 Å². The van der Waals surface area contributed by atoms with E-state index in [1.807, 2.05) is 48.3 Å². The zero-order chi connectivity index (χ0) is 17.9. The maximum absolute atomic E-state index is 12.7. The molecule has 0 aliphatic heterocycles. The predicted octanol–water partition coefficient (Wildman–Crippen LogP) is 5.16. The third kappa shape index (κ3) is 3.92. The van der Waals surface area contributed by atoms with E-state index in [-0.39, 0.29) is 5.91 Å². The van der Waals surface area contributed by atoms with Gasteiger partial charge < -0.3 is 9.64 Å². The monoisotopic (exact) mass is 349 g/mol. The Morgan fingerprint density at radius 2 is 1.50 bits per heavy atom. The quantitative estimate of drug-likeness (QED) is 0.721. The summed E-state index contributed by atoms with van der Waals surface area (Å²) in [6, 6.07) is 16.6. The number of benzene rings is 2. The van der Waals surface area contributed by atoms with E-state index in [1.165, 1.54) is 25.7 Å². The first kappa shape index (κ1) is 17.1. The van der Waals surface area contributed by atoms with Gasteiger partial charge in [0.15, 0.2) is 0 Å². The van der Waals surface area contributed by atoms with Gasteiger partial charge in [-0.2, -0.15) is 0 Å². The molecule has 2 saturated carbocycles. The van der Waals surface area contributed by atoms with Crippen molar-refractivity contribution < 1.29 is 9.53 Å². The lowest BCUT2D eigenvalue weighted by molar-refractivity contribution is 0.0735. The van der Waals surface area contributed by atoms with E-state index in [0.29, 0.717) is 6.04 Å². The number of carbonyl (C=O) groups excluding carboxylic acids is 1. The van der Waals surface area contributed by atoms with Crippen LogP contribution in [0.3, 0.4) is 0 Å². The Kier molecular flexibility index (Phi) is 4.96. The third-order valence-corrected chi connectivity index (χ3v) is 5.69. The van der Waals surface area contributed by atoms with Gasteiger partial charge in [-0.15, -0.1) is 0 Å². The highest BCUT2D eigenvalue weighted by Gasteiger charge is 2.24. The summed E-state index contributed by atoms with van der Waals surface area (Å²) in [6.45, 7) is 0.838. The van der Waals surface area contributed by atoms with E-state index in [0.717, 1.165) is 47.8 Å². The summed E-state index contributed by atoms with van der Waals surface area (Å²) in [6.07, 6.45) is 7.35. The zero-order valence-electron chi connectivity index (χ0n) is 15.5. The van der Waals surface area contributed by atoms with E-state index >= 15 is 0 Å². The van der Waals surface area contributed by atoms with Crippen LogP contribution in [0.2, 0.25) is 0 Å². The lowest BCUT2D eigenvalue weighted by Gasteiger charge is -2.24. The fourth-order valence-electron chi connectivity index (χ4n) is 3.71. The fourth-order valence-corrected chi connectivity index (χ4v) is 3.71. The SMILES string of the molecule is CN(C(=O)c1ccc(-c2ccc(OCC3CC3)cc2)cc1)C1CCCC1. The van der Waals surface area contributed by atoms with Gasteiger partial charge in [-0.05, 0) is 67.0 Å². The summed E-state index contributed by atoms with van der Waals surface area (Å²) in [4.78, 5) is 14.6. The number of nitrogens with zero attached hydrogens (tertiary/aromatic N) is 1. The molecule has 0 atom stereocenters. The molecule has 136 valence electrons. The van der Waals surface area contributed by atoms with Gasteiger partial charge in [-0.3, -0.25) is 4.79 Å². The molecule has 26 heavy (non-hydrogen) atoms. The lowest BCUT2D eigenvalue weighted by Crippen LogP contribution is -2.35. The molecule has 0 bridgehead atoms. The van der Waals surface area contributed by atoms with Crippen LogP contribution in [0.5, 0.6) is 5.75 Å². The summed E-state index contributed by atoms with van der Waals surface area (Å²) >= 11 is 0. The number of ether oxygens (including phenoxy) is 1. The van der Waals surface area contributed by atoms with Crippen LogP contribution in [0, 0.1) is 5.92 Å². The van der Waals surface area contributed by atoms with E-state index < -0.39 is 0 Å². The minimum atomic E-state index is 0.132. The van der Waals surface area contributed by atoms with E-state index in [1.54, 1.807) is 0 Å². The maximum Gasteiger partial charge on any atom is 0.253 e. The first-order valence-corrected chi connectivity index (χ1v) is 9.81. The van der Waals surface area contributed by atoms with Gasteiger partial charge in [-0.1, -0.05) is 37.1 Å². The predicted molar refractivity (Wildman–Crippen MR) is 104 cm³/mol. The van der Waals surface area contributed by atoms with Gasteiger partial charge in [0, 0.05) is 18.7 Å². The van der Waals surface area contributed by atoms with Crippen molar-refractivity contribution in [2.75, 3.05) is 13.7 Å². The highest BCUT2D eigenvalue weighted by molar-refractivity contribution is 5.94. The second-order valence-electron chi connectivity index (χ2n) is 7.71. The number of carbonyl (C=O) groups is 1. The van der Waals surface area contributed by atoms with Gasteiger partial charge in [0.25, 0.3) is 5.91 Å². The Morgan fingerprint density at radius 1 is 0.923 bits per heavy atom. The average Bonchev–Trinajstić information content (AvgIpc) is 3.36. The minimum absolute atomic E-state index is 0.132. The highest BCUT2D eigenvalue weighted by atomic mass is 16.5. The summed E-state index contributed by atoms with van der Waals surface area (Å²) < 4.78 is 5.80. The van der Waals surface area contributed by atoms with Crippen molar-refractivity contribution in [3.8, 4) is 16.9 Å². The molecule has 1 amide bonds. The molecule has 0 unspecified atom stereocenters. The highest BCUT2D eigenvalue weighted by Crippen LogP contribution is 2.30. The molecule has 4 rings (SSSR count). The number of hydrogen-bond donors (Lipinski definition) is 0. The molecule has 0 saturated heterocycles. The first-order valence-electron chi connectivity index (χ1n) is 9.81. The molecule has 2 fully saturated rings. The largest absolute Gasteiger partial charge is 0.493 e. The topological polar surface area (TPSA) is 29.5 Å². The van der Waals surface area contributed by atoms with Crippen LogP contribution in [0.25, 0.3) is 11.1 Å². The zero-order valence-corrected chi connectivity index (χ0v) is 15.5. The Hall–Kier alpha value is -2.29. The average molecular weight is 349 g/mol. The van der Waals surface area contributed by atoms with Crippen molar-refractivity contribution in [2.45, 2.75) is 44.6 Å². The van der Waals surface area contributed by atoms with Gasteiger partial charge in [0.1, 0.15) is 5.75 Å². The second kappa shape index (κ2) is 7.53. The summed E-state index contributed by atoms with van der Waals surface area (Å²) in [7, 11) is 1.94. The van der Waals surface area contributed by atoms with Crippen LogP contribution in [0.15, 0.2) is 48.5 Å². The minimum Gasteiger partial charge on any atom is -0.493 e. The molecule has 0 aromatic heterocycles. The molecule has 0 heterocycles. The molecule has 3 heteroatoms. The smallest absolute Gasteiger partial charge is 0.253 e. The number of amides is 1. The molecular formula is C23H27NO2. The molecular weight excluding hydrogens is 322 g/mol. The molecule has 2 aromatic carbocycles. The fraction of sp³-hybridized carbons (Fsp3) is 0.435. The van der Waals surface area contributed by atoms with Crippen molar-refractivity contribution in [3.05, 3.63) is 54.1 Å². The molecule has 2 aliphatic rings. The first-order chi connectivity index (χ1) is 12.7. The van der Waals surface area contributed by atoms with Crippen molar-refractivity contribution in [1.29, 1.82) is 0 Å². The normalized spacial score (nSPS) is 17.3. The Bertz CT molecular complexity index is 741. The second-order valence-corrected chi connectivity index (χ2v) is 7.71. The van der Waals surface area contributed by atoms with Crippen LogP contribution in [0.1, 0.15) is 48.9 Å². The Labute approximate surface area is 156 Å². The van der Waals surface area contributed by atoms with Crippen LogP contribution < -0.4 is 4.74 Å². The Balaban J connectivity index is 1.40. The van der Waals surface area contributed by atoms with Gasteiger partial charge >= 0.3 is 0 Å². The van der Waals surface area contributed by atoms with Crippen LogP contribution in [-0.4, -0.2) is 30.5 Å². The van der Waals surface area contributed by atoms with Crippen molar-refractivity contribution >= 4 is 5.91 Å². The van der Waals surface area contributed by atoms with E-state index in [9.17, 15) is 4.79 Å². The molecule has 0 spiro atoms. The van der Waals surface area contributed by atoms with Crippen LogP contribution in [-0.2, 0) is 0 Å². The van der Waals surface area contributed by atoms with Gasteiger partial charge in [0.05, 0.1) is 6.61 Å². The summed E-state index contributed by atoms with van der Waals surface area (Å²) in [5.74, 6) is 1.83. The van der Waals surface area contributed by atoms with Crippen LogP contribution in [0.4, 0.5) is 0 Å². The van der Waals surface area contributed by atoms with Crippen molar-refractivity contribution in [2.24, 2.45) is 5.92 Å². The molecule has 3 nitrogen and oxygen atoms in total. The Morgan fingerprint density at radius 3 is 2.08 bits per heavy atom. The molecule has 2 aromatic rings. The van der Waals surface area contributed by atoms with Gasteiger partial charge in [-0.25, -0.2) is 0 Å². The third-order valence-electron chi connectivity index (χ3n) is 5.69. The van der Waals surface area contributed by atoms with E-state index in [4.69, 9.17) is 4.74 Å². The molecule has 0 N–H and O–H groups in total. The maximum atomic E-state index is 12.7.